The highest BCUT2D eigenvalue weighted by Gasteiger charge is 2.19. The van der Waals surface area contributed by atoms with Crippen molar-refractivity contribution >= 4 is 11.9 Å². The Balaban J connectivity index is 2.52. The van der Waals surface area contributed by atoms with Crippen molar-refractivity contribution in [2.75, 3.05) is 6.61 Å². The van der Waals surface area contributed by atoms with Crippen molar-refractivity contribution in [3.63, 3.8) is 0 Å². The summed E-state index contributed by atoms with van der Waals surface area (Å²) < 4.78 is 30.7. The zero-order valence-electron chi connectivity index (χ0n) is 10.9. The highest BCUT2D eigenvalue weighted by Crippen LogP contribution is 2.17. The van der Waals surface area contributed by atoms with Gasteiger partial charge in [0.15, 0.2) is 18.2 Å². The standard InChI is InChI=1S/C13H15F2NO4/c1-2-3-10(13(18)19)16-12(17)7-20-11-5-4-8(14)6-9(11)15/h4-6,10H,2-3,7H2,1H3,(H,16,17)(H,18,19). The Bertz CT molecular complexity index is 493. The monoisotopic (exact) mass is 287 g/mol. The molecule has 0 aromatic heterocycles. The lowest BCUT2D eigenvalue weighted by atomic mass is 10.2. The van der Waals surface area contributed by atoms with Gasteiger partial charge in [-0.05, 0) is 18.6 Å². The van der Waals surface area contributed by atoms with E-state index in [9.17, 15) is 18.4 Å². The first kappa shape index (κ1) is 15.9. The molecule has 0 aliphatic rings. The average molecular weight is 287 g/mol. The van der Waals surface area contributed by atoms with E-state index in [-0.39, 0.29) is 12.2 Å². The summed E-state index contributed by atoms with van der Waals surface area (Å²) in [6.45, 7) is 1.24. The molecule has 1 amide bonds. The third kappa shape index (κ3) is 4.83. The number of carboxylic acid groups (broad SMARTS) is 1. The lowest BCUT2D eigenvalue weighted by Crippen LogP contribution is -2.42. The predicted octanol–water partition coefficient (Wildman–Crippen LogP) is 1.71. The smallest absolute Gasteiger partial charge is 0.326 e. The quantitative estimate of drug-likeness (QED) is 0.800. The third-order valence-electron chi connectivity index (χ3n) is 2.46. The normalized spacial score (nSPS) is 11.8. The van der Waals surface area contributed by atoms with Crippen LogP contribution in [0.25, 0.3) is 0 Å². The van der Waals surface area contributed by atoms with Gasteiger partial charge >= 0.3 is 5.97 Å². The highest BCUT2D eigenvalue weighted by atomic mass is 19.1. The summed E-state index contributed by atoms with van der Waals surface area (Å²) in [6, 6.07) is 1.67. The van der Waals surface area contributed by atoms with Crippen LogP contribution >= 0.6 is 0 Å². The molecule has 1 rings (SSSR count). The molecule has 0 saturated heterocycles. The number of halogens is 2. The van der Waals surface area contributed by atoms with Crippen LogP contribution in [0.15, 0.2) is 18.2 Å². The van der Waals surface area contributed by atoms with E-state index in [0.717, 1.165) is 12.1 Å². The Morgan fingerprint density at radius 2 is 2.10 bits per heavy atom. The van der Waals surface area contributed by atoms with E-state index in [1.165, 1.54) is 0 Å². The van der Waals surface area contributed by atoms with Gasteiger partial charge in [-0.25, -0.2) is 13.6 Å². The highest BCUT2D eigenvalue weighted by molar-refractivity contribution is 5.84. The van der Waals surface area contributed by atoms with Gasteiger partial charge in [0.1, 0.15) is 11.9 Å². The molecule has 0 bridgehead atoms. The molecule has 0 fully saturated rings. The van der Waals surface area contributed by atoms with Crippen LogP contribution in [0.2, 0.25) is 0 Å². The van der Waals surface area contributed by atoms with Gasteiger partial charge in [-0.1, -0.05) is 13.3 Å². The van der Waals surface area contributed by atoms with Gasteiger partial charge in [-0.15, -0.1) is 0 Å². The maximum absolute atomic E-state index is 13.2. The van der Waals surface area contributed by atoms with E-state index >= 15 is 0 Å². The van der Waals surface area contributed by atoms with Gasteiger partial charge in [-0.3, -0.25) is 4.79 Å². The predicted molar refractivity (Wildman–Crippen MR) is 66.3 cm³/mol. The number of hydrogen-bond acceptors (Lipinski definition) is 3. The zero-order valence-corrected chi connectivity index (χ0v) is 10.9. The minimum absolute atomic E-state index is 0.274. The van der Waals surface area contributed by atoms with Crippen LogP contribution in [0.5, 0.6) is 5.75 Å². The van der Waals surface area contributed by atoms with Crippen molar-refractivity contribution in [1.29, 1.82) is 0 Å². The molecule has 0 heterocycles. The van der Waals surface area contributed by atoms with Gasteiger partial charge in [0, 0.05) is 6.07 Å². The summed E-state index contributed by atoms with van der Waals surface area (Å²) in [5.74, 6) is -3.79. The molecule has 1 aromatic carbocycles. The second kappa shape index (κ2) is 7.42. The molecule has 20 heavy (non-hydrogen) atoms. The molecule has 7 heteroatoms. The van der Waals surface area contributed by atoms with Gasteiger partial charge < -0.3 is 15.2 Å². The Hall–Kier alpha value is -2.18. The minimum atomic E-state index is -1.15. The Morgan fingerprint density at radius 3 is 2.65 bits per heavy atom. The van der Waals surface area contributed by atoms with Crippen LogP contribution in [0.4, 0.5) is 8.78 Å². The second-order valence-corrected chi connectivity index (χ2v) is 4.11. The van der Waals surface area contributed by atoms with E-state index in [1.54, 1.807) is 6.92 Å². The Kier molecular flexibility index (Phi) is 5.89. The molecule has 1 atom stereocenters. The fraction of sp³-hybridized carbons (Fsp3) is 0.385. The number of carbonyl (C=O) groups excluding carboxylic acids is 1. The number of nitrogens with one attached hydrogen (secondary N) is 1. The van der Waals surface area contributed by atoms with E-state index < -0.39 is 36.2 Å². The maximum Gasteiger partial charge on any atom is 0.326 e. The van der Waals surface area contributed by atoms with Crippen molar-refractivity contribution in [2.24, 2.45) is 0 Å². The first-order chi connectivity index (χ1) is 9.43. The lowest BCUT2D eigenvalue weighted by molar-refractivity contribution is -0.142. The van der Waals surface area contributed by atoms with E-state index in [1.807, 2.05) is 0 Å². The molecule has 1 aromatic rings. The number of benzene rings is 1. The van der Waals surface area contributed by atoms with Crippen LogP contribution in [0.1, 0.15) is 19.8 Å². The second-order valence-electron chi connectivity index (χ2n) is 4.11. The van der Waals surface area contributed by atoms with Crippen molar-refractivity contribution in [3.8, 4) is 5.75 Å². The molecule has 1 unspecified atom stereocenters. The van der Waals surface area contributed by atoms with Crippen LogP contribution in [-0.2, 0) is 9.59 Å². The number of carbonyl (C=O) groups is 2. The molecule has 5 nitrogen and oxygen atoms in total. The van der Waals surface area contributed by atoms with Gasteiger partial charge in [0.25, 0.3) is 5.91 Å². The zero-order chi connectivity index (χ0) is 15.1. The van der Waals surface area contributed by atoms with Crippen molar-refractivity contribution < 1.29 is 28.2 Å². The van der Waals surface area contributed by atoms with Gasteiger partial charge in [-0.2, -0.15) is 0 Å². The third-order valence-corrected chi connectivity index (χ3v) is 2.46. The van der Waals surface area contributed by atoms with Gasteiger partial charge in [0.2, 0.25) is 0 Å². The first-order valence-electron chi connectivity index (χ1n) is 6.04. The molecular formula is C13H15F2NO4. The Morgan fingerprint density at radius 1 is 1.40 bits per heavy atom. The fourth-order valence-electron chi connectivity index (χ4n) is 1.52. The molecular weight excluding hydrogens is 272 g/mol. The summed E-state index contributed by atoms with van der Waals surface area (Å²) in [6.07, 6.45) is 0.872. The summed E-state index contributed by atoms with van der Waals surface area (Å²) in [5, 5.41) is 11.1. The van der Waals surface area contributed by atoms with Crippen LogP contribution < -0.4 is 10.1 Å². The molecule has 0 aliphatic heterocycles. The number of aliphatic carboxylic acids is 1. The van der Waals surface area contributed by atoms with E-state index in [4.69, 9.17) is 9.84 Å². The summed E-state index contributed by atoms with van der Waals surface area (Å²) in [7, 11) is 0. The number of hydrogen-bond donors (Lipinski definition) is 2. The maximum atomic E-state index is 13.2. The van der Waals surface area contributed by atoms with E-state index in [2.05, 4.69) is 5.32 Å². The fourth-order valence-corrected chi connectivity index (χ4v) is 1.52. The SMILES string of the molecule is CCCC(NC(=O)COc1ccc(F)cc1F)C(=O)O. The summed E-state index contributed by atoms with van der Waals surface area (Å²) >= 11 is 0. The average Bonchev–Trinajstić information content (AvgIpc) is 2.37. The summed E-state index contributed by atoms with van der Waals surface area (Å²) in [4.78, 5) is 22.3. The van der Waals surface area contributed by atoms with E-state index in [0.29, 0.717) is 12.5 Å². The topological polar surface area (TPSA) is 75.6 Å². The largest absolute Gasteiger partial charge is 0.481 e. The summed E-state index contributed by atoms with van der Waals surface area (Å²) in [5.41, 5.74) is 0. The van der Waals surface area contributed by atoms with Crippen molar-refractivity contribution in [2.45, 2.75) is 25.8 Å². The van der Waals surface area contributed by atoms with Crippen LogP contribution in [-0.4, -0.2) is 29.6 Å². The molecule has 2 N–H and O–H groups in total. The number of carboxylic acids is 1. The molecule has 110 valence electrons. The lowest BCUT2D eigenvalue weighted by Gasteiger charge is -2.14. The molecule has 0 saturated carbocycles. The molecule has 0 aliphatic carbocycles. The van der Waals surface area contributed by atoms with Crippen molar-refractivity contribution in [1.82, 2.24) is 5.32 Å². The minimum Gasteiger partial charge on any atom is -0.481 e. The van der Waals surface area contributed by atoms with Crippen LogP contribution in [0.3, 0.4) is 0 Å². The number of ether oxygens (including phenoxy) is 1. The van der Waals surface area contributed by atoms with Gasteiger partial charge in [0.05, 0.1) is 0 Å². The van der Waals surface area contributed by atoms with Crippen LogP contribution in [0, 0.1) is 11.6 Å². The number of rotatable bonds is 7. The molecule has 0 spiro atoms. The first-order valence-corrected chi connectivity index (χ1v) is 6.04. The Labute approximate surface area is 114 Å². The molecule has 0 radical (unpaired) electrons. The van der Waals surface area contributed by atoms with Crippen molar-refractivity contribution in [3.05, 3.63) is 29.8 Å². The number of amides is 1.